The van der Waals surface area contributed by atoms with Crippen LogP contribution >= 0.6 is 0 Å². The minimum atomic E-state index is -3.69. The van der Waals surface area contributed by atoms with E-state index in [4.69, 9.17) is 0 Å². The number of carbonyl (C=O) groups is 3. The van der Waals surface area contributed by atoms with Gasteiger partial charge in [-0.2, -0.15) is 4.31 Å². The third-order valence-electron chi connectivity index (χ3n) is 7.80. The van der Waals surface area contributed by atoms with E-state index < -0.39 is 10.0 Å². The van der Waals surface area contributed by atoms with E-state index in [1.54, 1.807) is 29.0 Å². The van der Waals surface area contributed by atoms with Gasteiger partial charge in [-0.3, -0.25) is 14.4 Å². The van der Waals surface area contributed by atoms with E-state index >= 15 is 0 Å². The number of rotatable bonds is 8. The number of sulfonamides is 1. The lowest BCUT2D eigenvalue weighted by Gasteiger charge is -2.33. The molecule has 0 aromatic heterocycles. The standard InChI is InChI=1S/C31H34N4O5S/c1-33(21-23-8-4-2-5-9-23)41(39,40)28-14-12-26(13-15-28)32-30(37)24-16-18-34(19-17-24)31(38)25-20-29(36)35(22-25)27-10-6-3-7-11-27/h2-15,24-25H,16-22H2,1H3,(H,32,37). The maximum Gasteiger partial charge on any atom is 0.243 e. The molecular weight excluding hydrogens is 540 g/mol. The van der Waals surface area contributed by atoms with Gasteiger partial charge in [-0.1, -0.05) is 48.5 Å². The predicted octanol–water partition coefficient (Wildman–Crippen LogP) is 3.74. The van der Waals surface area contributed by atoms with Gasteiger partial charge in [0, 0.05) is 56.9 Å². The molecule has 0 saturated carbocycles. The van der Waals surface area contributed by atoms with Crippen LogP contribution in [0.3, 0.4) is 0 Å². The highest BCUT2D eigenvalue weighted by molar-refractivity contribution is 7.89. The zero-order chi connectivity index (χ0) is 29.0. The summed E-state index contributed by atoms with van der Waals surface area (Å²) in [7, 11) is -2.15. The van der Waals surface area contributed by atoms with Crippen LogP contribution in [0, 0.1) is 11.8 Å². The minimum Gasteiger partial charge on any atom is -0.342 e. The molecule has 2 saturated heterocycles. The van der Waals surface area contributed by atoms with Gasteiger partial charge in [-0.05, 0) is 54.8 Å². The first-order valence-electron chi connectivity index (χ1n) is 13.8. The maximum absolute atomic E-state index is 13.1. The van der Waals surface area contributed by atoms with Gasteiger partial charge in [-0.15, -0.1) is 0 Å². The number of nitrogens with zero attached hydrogens (tertiary/aromatic N) is 3. The van der Waals surface area contributed by atoms with Crippen LogP contribution in [-0.2, 0) is 31.0 Å². The molecule has 2 aliphatic heterocycles. The van der Waals surface area contributed by atoms with Crippen LogP contribution < -0.4 is 10.2 Å². The van der Waals surface area contributed by atoms with Crippen molar-refractivity contribution in [2.45, 2.75) is 30.7 Å². The third-order valence-corrected chi connectivity index (χ3v) is 9.62. The van der Waals surface area contributed by atoms with Gasteiger partial charge >= 0.3 is 0 Å². The van der Waals surface area contributed by atoms with E-state index in [2.05, 4.69) is 5.32 Å². The second-order valence-electron chi connectivity index (χ2n) is 10.6. The minimum absolute atomic E-state index is 0.0373. The van der Waals surface area contributed by atoms with Crippen LogP contribution in [0.4, 0.5) is 11.4 Å². The SMILES string of the molecule is CN(Cc1ccccc1)S(=O)(=O)c1ccc(NC(=O)C2CCN(C(=O)C3CC(=O)N(c4ccccc4)C3)CC2)cc1. The van der Waals surface area contributed by atoms with Gasteiger partial charge in [0.25, 0.3) is 0 Å². The molecule has 5 rings (SSSR count). The molecule has 3 aromatic rings. The molecule has 1 unspecified atom stereocenters. The first-order chi connectivity index (χ1) is 19.7. The molecule has 0 aliphatic carbocycles. The average molecular weight is 575 g/mol. The van der Waals surface area contributed by atoms with Crippen LogP contribution in [0.15, 0.2) is 89.8 Å². The van der Waals surface area contributed by atoms with Gasteiger partial charge in [0.1, 0.15) is 0 Å². The second kappa shape index (κ2) is 12.2. The van der Waals surface area contributed by atoms with Gasteiger partial charge in [0.05, 0.1) is 10.8 Å². The summed E-state index contributed by atoms with van der Waals surface area (Å²) >= 11 is 0. The number of amides is 3. The Morgan fingerprint density at radius 1 is 0.878 bits per heavy atom. The van der Waals surface area contributed by atoms with E-state index in [1.807, 2.05) is 60.7 Å². The monoisotopic (exact) mass is 574 g/mol. The van der Waals surface area contributed by atoms with Crippen molar-refractivity contribution < 1.29 is 22.8 Å². The predicted molar refractivity (Wildman–Crippen MR) is 156 cm³/mol. The van der Waals surface area contributed by atoms with E-state index in [9.17, 15) is 22.8 Å². The van der Waals surface area contributed by atoms with Crippen molar-refractivity contribution >= 4 is 39.1 Å². The van der Waals surface area contributed by atoms with E-state index in [0.717, 1.165) is 11.3 Å². The van der Waals surface area contributed by atoms with Crippen molar-refractivity contribution in [3.8, 4) is 0 Å². The van der Waals surface area contributed by atoms with Crippen molar-refractivity contribution in [3.05, 3.63) is 90.5 Å². The maximum atomic E-state index is 13.1. The normalized spacial score (nSPS) is 18.1. The molecule has 214 valence electrons. The first kappa shape index (κ1) is 28.5. The molecule has 0 bridgehead atoms. The lowest BCUT2D eigenvalue weighted by Crippen LogP contribution is -2.44. The topological polar surface area (TPSA) is 107 Å². The number of nitrogens with one attached hydrogen (secondary N) is 1. The molecular formula is C31H34N4O5S. The van der Waals surface area contributed by atoms with Gasteiger partial charge in [0.15, 0.2) is 0 Å². The fraction of sp³-hybridized carbons (Fsp3) is 0.323. The van der Waals surface area contributed by atoms with Crippen molar-refractivity contribution in [2.24, 2.45) is 11.8 Å². The van der Waals surface area contributed by atoms with Crippen LogP contribution in [0.1, 0.15) is 24.8 Å². The summed E-state index contributed by atoms with van der Waals surface area (Å²) in [6, 6.07) is 24.9. The molecule has 9 nitrogen and oxygen atoms in total. The van der Waals surface area contributed by atoms with Crippen molar-refractivity contribution in [3.63, 3.8) is 0 Å². The Balaban J connectivity index is 1.11. The van der Waals surface area contributed by atoms with E-state index in [0.29, 0.717) is 38.2 Å². The highest BCUT2D eigenvalue weighted by Gasteiger charge is 2.38. The highest BCUT2D eigenvalue weighted by atomic mass is 32.2. The Morgan fingerprint density at radius 3 is 2.12 bits per heavy atom. The number of anilines is 2. The lowest BCUT2D eigenvalue weighted by molar-refractivity contribution is -0.138. The molecule has 1 N–H and O–H groups in total. The van der Waals surface area contributed by atoms with E-state index in [-0.39, 0.29) is 47.4 Å². The zero-order valence-electron chi connectivity index (χ0n) is 23.0. The molecule has 2 fully saturated rings. The average Bonchev–Trinajstić information content (AvgIpc) is 3.39. The first-order valence-corrected chi connectivity index (χ1v) is 15.2. The number of carbonyl (C=O) groups excluding carboxylic acids is 3. The molecule has 0 spiro atoms. The molecule has 41 heavy (non-hydrogen) atoms. The number of hydrogen-bond acceptors (Lipinski definition) is 5. The Hall–Kier alpha value is -4.02. The molecule has 1 atom stereocenters. The van der Waals surface area contributed by atoms with Crippen LogP contribution in [0.2, 0.25) is 0 Å². The van der Waals surface area contributed by atoms with Crippen LogP contribution in [0.25, 0.3) is 0 Å². The highest BCUT2D eigenvalue weighted by Crippen LogP contribution is 2.28. The second-order valence-corrected chi connectivity index (χ2v) is 12.6. The quantitative estimate of drug-likeness (QED) is 0.441. The summed E-state index contributed by atoms with van der Waals surface area (Å²) < 4.78 is 27.3. The molecule has 10 heteroatoms. The van der Waals surface area contributed by atoms with Crippen LogP contribution in [0.5, 0.6) is 0 Å². The zero-order valence-corrected chi connectivity index (χ0v) is 23.8. The van der Waals surface area contributed by atoms with Gasteiger partial charge in [0.2, 0.25) is 27.7 Å². The Labute approximate surface area is 240 Å². The fourth-order valence-electron chi connectivity index (χ4n) is 5.41. The Bertz CT molecular complexity index is 1490. The summed E-state index contributed by atoms with van der Waals surface area (Å²) in [5.41, 5.74) is 2.21. The summed E-state index contributed by atoms with van der Waals surface area (Å²) in [6.45, 7) is 1.54. The summed E-state index contributed by atoms with van der Waals surface area (Å²) in [5, 5.41) is 2.89. The lowest BCUT2D eigenvalue weighted by atomic mass is 9.94. The molecule has 3 amide bonds. The van der Waals surface area contributed by atoms with Crippen molar-refractivity contribution in [1.82, 2.24) is 9.21 Å². The van der Waals surface area contributed by atoms with E-state index in [1.165, 1.54) is 16.4 Å². The number of benzene rings is 3. The Morgan fingerprint density at radius 2 is 1.49 bits per heavy atom. The number of likely N-dealkylation sites (tertiary alicyclic amines) is 1. The summed E-state index contributed by atoms with van der Waals surface area (Å²) in [6.07, 6.45) is 1.25. The third kappa shape index (κ3) is 6.49. The smallest absolute Gasteiger partial charge is 0.243 e. The fourth-order valence-corrected chi connectivity index (χ4v) is 6.57. The number of para-hydroxylation sites is 1. The van der Waals surface area contributed by atoms with Gasteiger partial charge < -0.3 is 15.1 Å². The van der Waals surface area contributed by atoms with Gasteiger partial charge in [-0.25, -0.2) is 8.42 Å². The largest absolute Gasteiger partial charge is 0.342 e. The van der Waals surface area contributed by atoms with Crippen LogP contribution in [-0.4, -0.2) is 62.0 Å². The summed E-state index contributed by atoms with van der Waals surface area (Å²) in [4.78, 5) is 42.2. The molecule has 2 heterocycles. The van der Waals surface area contributed by atoms with Crippen molar-refractivity contribution in [2.75, 3.05) is 36.9 Å². The number of hydrogen-bond donors (Lipinski definition) is 1. The Kier molecular flexibility index (Phi) is 8.51. The molecule has 0 radical (unpaired) electrons. The summed E-state index contributed by atoms with van der Waals surface area (Å²) in [5.74, 6) is -0.879. The number of piperidine rings is 1. The molecule has 2 aliphatic rings. The van der Waals surface area contributed by atoms with Crippen molar-refractivity contribution in [1.29, 1.82) is 0 Å². The molecule has 3 aromatic carbocycles.